The summed E-state index contributed by atoms with van der Waals surface area (Å²) in [5.41, 5.74) is 3.15. The molecule has 1 N–H and O–H groups in total. The standard InChI is InChI=1S/C11H14N2/c1-8-6-10(7-12)4-5-11(8)9(2)13-3/h4-6,9,13H,1-3H3. The fraction of sp³-hybridized carbons (Fsp3) is 0.364. The zero-order valence-corrected chi connectivity index (χ0v) is 8.26. The number of hydrogen-bond acceptors (Lipinski definition) is 2. The van der Waals surface area contributed by atoms with E-state index < -0.39 is 0 Å². The van der Waals surface area contributed by atoms with Crippen molar-refractivity contribution in [3.05, 3.63) is 34.9 Å². The van der Waals surface area contributed by atoms with Gasteiger partial charge in [0.25, 0.3) is 0 Å². The highest BCUT2D eigenvalue weighted by atomic mass is 14.9. The molecule has 1 rings (SSSR count). The fourth-order valence-electron chi connectivity index (χ4n) is 1.39. The first-order valence-electron chi connectivity index (χ1n) is 4.37. The maximum atomic E-state index is 8.68. The molecule has 0 radical (unpaired) electrons. The average molecular weight is 174 g/mol. The van der Waals surface area contributed by atoms with Crippen LogP contribution in [0.25, 0.3) is 0 Å². The summed E-state index contributed by atoms with van der Waals surface area (Å²) in [6.45, 7) is 4.14. The average Bonchev–Trinajstić information content (AvgIpc) is 2.16. The summed E-state index contributed by atoms with van der Waals surface area (Å²) in [7, 11) is 1.93. The Morgan fingerprint density at radius 2 is 2.15 bits per heavy atom. The molecular formula is C11H14N2. The van der Waals surface area contributed by atoms with E-state index in [1.165, 1.54) is 11.1 Å². The monoisotopic (exact) mass is 174 g/mol. The number of nitrogens with one attached hydrogen (secondary N) is 1. The van der Waals surface area contributed by atoms with Crippen molar-refractivity contribution < 1.29 is 0 Å². The van der Waals surface area contributed by atoms with Gasteiger partial charge in [-0.1, -0.05) is 6.07 Å². The Hall–Kier alpha value is -1.33. The summed E-state index contributed by atoms with van der Waals surface area (Å²) in [5.74, 6) is 0. The molecule has 0 aliphatic heterocycles. The highest BCUT2D eigenvalue weighted by molar-refractivity contribution is 5.38. The lowest BCUT2D eigenvalue weighted by Crippen LogP contribution is -2.13. The van der Waals surface area contributed by atoms with E-state index in [0.717, 1.165) is 5.56 Å². The van der Waals surface area contributed by atoms with E-state index in [4.69, 9.17) is 5.26 Å². The third kappa shape index (κ3) is 2.07. The Morgan fingerprint density at radius 1 is 1.46 bits per heavy atom. The van der Waals surface area contributed by atoms with Crippen molar-refractivity contribution in [1.82, 2.24) is 5.32 Å². The van der Waals surface area contributed by atoms with Crippen LogP contribution in [-0.4, -0.2) is 7.05 Å². The molecule has 0 saturated heterocycles. The minimum Gasteiger partial charge on any atom is -0.313 e. The van der Waals surface area contributed by atoms with E-state index >= 15 is 0 Å². The van der Waals surface area contributed by atoms with Gasteiger partial charge in [0.1, 0.15) is 0 Å². The zero-order valence-electron chi connectivity index (χ0n) is 8.26. The third-order valence-electron chi connectivity index (χ3n) is 2.30. The second kappa shape index (κ2) is 4.06. The predicted octanol–water partition coefficient (Wildman–Crippen LogP) is 2.15. The molecule has 68 valence electrons. The van der Waals surface area contributed by atoms with E-state index in [9.17, 15) is 0 Å². The molecule has 0 amide bonds. The van der Waals surface area contributed by atoms with Crippen LogP contribution >= 0.6 is 0 Å². The van der Waals surface area contributed by atoms with Gasteiger partial charge >= 0.3 is 0 Å². The van der Waals surface area contributed by atoms with Crippen molar-refractivity contribution in [2.24, 2.45) is 0 Å². The van der Waals surface area contributed by atoms with Gasteiger partial charge in [-0.15, -0.1) is 0 Å². The van der Waals surface area contributed by atoms with Crippen molar-refractivity contribution in [1.29, 1.82) is 5.26 Å². The summed E-state index contributed by atoms with van der Waals surface area (Å²) >= 11 is 0. The van der Waals surface area contributed by atoms with Crippen molar-refractivity contribution in [3.8, 4) is 6.07 Å². The van der Waals surface area contributed by atoms with Crippen LogP contribution in [0.15, 0.2) is 18.2 Å². The lowest BCUT2D eigenvalue weighted by atomic mass is 10.0. The molecule has 2 heteroatoms. The summed E-state index contributed by atoms with van der Waals surface area (Å²) in [4.78, 5) is 0. The third-order valence-corrected chi connectivity index (χ3v) is 2.30. The molecule has 0 bridgehead atoms. The van der Waals surface area contributed by atoms with Crippen LogP contribution in [0.4, 0.5) is 0 Å². The van der Waals surface area contributed by atoms with Crippen LogP contribution in [0.1, 0.15) is 29.7 Å². The van der Waals surface area contributed by atoms with Gasteiger partial charge in [0.05, 0.1) is 11.6 Å². The van der Waals surface area contributed by atoms with Crippen LogP contribution in [0.5, 0.6) is 0 Å². The molecule has 13 heavy (non-hydrogen) atoms. The van der Waals surface area contributed by atoms with Crippen molar-refractivity contribution in [3.63, 3.8) is 0 Å². The van der Waals surface area contributed by atoms with Gasteiger partial charge in [-0.25, -0.2) is 0 Å². The topological polar surface area (TPSA) is 35.8 Å². The van der Waals surface area contributed by atoms with Crippen LogP contribution in [0.2, 0.25) is 0 Å². The maximum absolute atomic E-state index is 8.68. The quantitative estimate of drug-likeness (QED) is 0.745. The van der Waals surface area contributed by atoms with Gasteiger partial charge in [0.15, 0.2) is 0 Å². The van der Waals surface area contributed by atoms with E-state index in [2.05, 4.69) is 18.3 Å². The Morgan fingerprint density at radius 3 is 2.62 bits per heavy atom. The number of hydrogen-bond donors (Lipinski definition) is 1. The number of aryl methyl sites for hydroxylation is 1. The second-order valence-corrected chi connectivity index (χ2v) is 3.19. The highest BCUT2D eigenvalue weighted by Gasteiger charge is 2.05. The SMILES string of the molecule is CNC(C)c1ccc(C#N)cc1C. The van der Waals surface area contributed by atoms with Gasteiger partial charge in [-0.2, -0.15) is 5.26 Å². The van der Waals surface area contributed by atoms with E-state index in [1.54, 1.807) is 0 Å². The molecule has 2 nitrogen and oxygen atoms in total. The van der Waals surface area contributed by atoms with Crippen LogP contribution < -0.4 is 5.32 Å². The van der Waals surface area contributed by atoms with Crippen LogP contribution in [0.3, 0.4) is 0 Å². The lowest BCUT2D eigenvalue weighted by Gasteiger charge is -2.13. The van der Waals surface area contributed by atoms with E-state index in [-0.39, 0.29) is 0 Å². The normalized spacial score (nSPS) is 12.2. The molecule has 0 aliphatic carbocycles. The Bertz CT molecular complexity index is 336. The zero-order chi connectivity index (χ0) is 9.84. The predicted molar refractivity (Wildman–Crippen MR) is 53.4 cm³/mol. The summed E-state index contributed by atoms with van der Waals surface area (Å²) < 4.78 is 0. The number of rotatable bonds is 2. The van der Waals surface area contributed by atoms with Gasteiger partial charge in [0.2, 0.25) is 0 Å². The summed E-state index contributed by atoms with van der Waals surface area (Å²) in [6.07, 6.45) is 0. The van der Waals surface area contributed by atoms with Crippen molar-refractivity contribution >= 4 is 0 Å². The molecular weight excluding hydrogens is 160 g/mol. The largest absolute Gasteiger partial charge is 0.313 e. The minimum absolute atomic E-state index is 0.341. The Kier molecular flexibility index (Phi) is 3.05. The number of nitrogens with zero attached hydrogens (tertiary/aromatic N) is 1. The first-order chi connectivity index (χ1) is 6.19. The summed E-state index contributed by atoms with van der Waals surface area (Å²) in [6, 6.07) is 8.26. The molecule has 1 unspecified atom stereocenters. The van der Waals surface area contributed by atoms with Crippen LogP contribution in [-0.2, 0) is 0 Å². The molecule has 1 atom stereocenters. The van der Waals surface area contributed by atoms with Gasteiger partial charge < -0.3 is 5.32 Å². The summed E-state index contributed by atoms with van der Waals surface area (Å²) in [5, 5.41) is 11.9. The fourth-order valence-corrected chi connectivity index (χ4v) is 1.39. The van der Waals surface area contributed by atoms with Gasteiger partial charge in [-0.3, -0.25) is 0 Å². The first kappa shape index (κ1) is 9.76. The Balaban J connectivity index is 3.07. The molecule has 0 heterocycles. The Labute approximate surface area is 79.2 Å². The molecule has 1 aromatic rings. The lowest BCUT2D eigenvalue weighted by molar-refractivity contribution is 0.648. The first-order valence-corrected chi connectivity index (χ1v) is 4.37. The van der Waals surface area contributed by atoms with Crippen LogP contribution in [0, 0.1) is 18.3 Å². The van der Waals surface area contributed by atoms with Crippen molar-refractivity contribution in [2.45, 2.75) is 19.9 Å². The molecule has 0 aliphatic rings. The van der Waals surface area contributed by atoms with Gasteiger partial charge in [0, 0.05) is 6.04 Å². The minimum atomic E-state index is 0.341. The van der Waals surface area contributed by atoms with E-state index in [0.29, 0.717) is 6.04 Å². The smallest absolute Gasteiger partial charge is 0.0991 e. The molecule has 0 spiro atoms. The maximum Gasteiger partial charge on any atom is 0.0991 e. The molecule has 0 saturated carbocycles. The number of benzene rings is 1. The molecule has 1 aromatic carbocycles. The second-order valence-electron chi connectivity index (χ2n) is 3.19. The highest BCUT2D eigenvalue weighted by Crippen LogP contribution is 2.17. The molecule has 0 aromatic heterocycles. The van der Waals surface area contributed by atoms with Gasteiger partial charge in [-0.05, 0) is 44.2 Å². The number of nitriles is 1. The van der Waals surface area contributed by atoms with E-state index in [1.807, 2.05) is 32.2 Å². The molecule has 0 fully saturated rings. The van der Waals surface area contributed by atoms with Crippen molar-refractivity contribution in [2.75, 3.05) is 7.05 Å².